The number of nitrogens with two attached hydrogens (primary N) is 1. The topological polar surface area (TPSA) is 60.5 Å². The number of hydrogen-bond acceptors (Lipinski definition) is 5. The minimum atomic E-state index is 0.508. The summed E-state index contributed by atoms with van der Waals surface area (Å²) >= 11 is 1.34. The summed E-state index contributed by atoms with van der Waals surface area (Å²) in [7, 11) is 1.45. The number of anilines is 1. The first-order chi connectivity index (χ1) is 4.83. The summed E-state index contributed by atoms with van der Waals surface area (Å²) in [5, 5.41) is 5.65. The Kier molecular flexibility index (Phi) is 2.22. The van der Waals surface area contributed by atoms with Crippen LogP contribution in [0.5, 0.6) is 0 Å². The van der Waals surface area contributed by atoms with Gasteiger partial charge in [0.1, 0.15) is 12.8 Å². The Labute approximate surface area is 62.3 Å². The molecule has 1 aromatic heterocycles. The molecule has 0 spiro atoms. The van der Waals surface area contributed by atoms with Crippen LogP contribution in [0.15, 0.2) is 10.5 Å². The van der Waals surface area contributed by atoms with E-state index in [9.17, 15) is 0 Å². The number of nitrogen functional groups attached to an aromatic ring is 1. The number of aromatic nitrogens is 1. The maximum absolute atomic E-state index is 5.34. The van der Waals surface area contributed by atoms with Crippen molar-refractivity contribution >= 4 is 22.7 Å². The van der Waals surface area contributed by atoms with Crippen LogP contribution in [0.3, 0.4) is 0 Å². The molecule has 1 heterocycles. The van der Waals surface area contributed by atoms with Gasteiger partial charge in [-0.25, -0.2) is 4.98 Å². The van der Waals surface area contributed by atoms with E-state index >= 15 is 0 Å². The largest absolute Gasteiger partial charge is 0.399 e. The van der Waals surface area contributed by atoms with Gasteiger partial charge >= 0.3 is 0 Å². The molecule has 1 aromatic rings. The van der Waals surface area contributed by atoms with Crippen molar-refractivity contribution < 1.29 is 4.84 Å². The van der Waals surface area contributed by atoms with Crippen molar-refractivity contribution in [3.63, 3.8) is 0 Å². The zero-order valence-corrected chi connectivity index (χ0v) is 6.18. The van der Waals surface area contributed by atoms with Crippen molar-refractivity contribution in [2.24, 2.45) is 5.16 Å². The quantitative estimate of drug-likeness (QED) is 0.503. The van der Waals surface area contributed by atoms with E-state index in [1.807, 2.05) is 0 Å². The first-order valence-electron chi connectivity index (χ1n) is 2.53. The SMILES string of the molecule is CO/N=[C]/c1csc(N)n1. The van der Waals surface area contributed by atoms with Gasteiger partial charge in [-0.3, -0.25) is 0 Å². The molecule has 4 nitrogen and oxygen atoms in total. The predicted molar refractivity (Wildman–Crippen MR) is 40.1 cm³/mol. The maximum atomic E-state index is 5.34. The molecule has 0 aromatic carbocycles. The van der Waals surface area contributed by atoms with Crippen molar-refractivity contribution in [3.8, 4) is 0 Å². The molecule has 0 aliphatic rings. The smallest absolute Gasteiger partial charge is 0.180 e. The zero-order chi connectivity index (χ0) is 7.40. The van der Waals surface area contributed by atoms with Crippen LogP contribution in [0.25, 0.3) is 0 Å². The minimum absolute atomic E-state index is 0.508. The number of thiazole rings is 1. The summed E-state index contributed by atoms with van der Waals surface area (Å²) in [6, 6.07) is 0. The van der Waals surface area contributed by atoms with E-state index in [-0.39, 0.29) is 0 Å². The second-order valence-corrected chi connectivity index (χ2v) is 2.35. The molecule has 0 aliphatic heterocycles. The average molecular weight is 156 g/mol. The van der Waals surface area contributed by atoms with E-state index in [0.717, 1.165) is 0 Å². The number of nitrogens with zero attached hydrogens (tertiary/aromatic N) is 2. The monoisotopic (exact) mass is 156 g/mol. The Morgan fingerprint density at radius 3 is 3.20 bits per heavy atom. The second-order valence-electron chi connectivity index (χ2n) is 1.46. The second kappa shape index (κ2) is 3.17. The van der Waals surface area contributed by atoms with E-state index in [2.05, 4.69) is 21.2 Å². The Bertz CT molecular complexity index is 233. The molecule has 0 unspecified atom stereocenters. The van der Waals surface area contributed by atoms with Crippen LogP contribution < -0.4 is 5.73 Å². The van der Waals surface area contributed by atoms with Gasteiger partial charge in [-0.2, -0.15) is 0 Å². The molecule has 0 atom stereocenters. The van der Waals surface area contributed by atoms with Crippen molar-refractivity contribution in [1.82, 2.24) is 4.98 Å². The Hall–Kier alpha value is -1.10. The summed E-state index contributed by atoms with van der Waals surface area (Å²) in [5.74, 6) is 0. The molecular weight excluding hydrogens is 150 g/mol. The van der Waals surface area contributed by atoms with Gasteiger partial charge in [0.15, 0.2) is 11.3 Å². The lowest BCUT2D eigenvalue weighted by atomic mass is 10.6. The fourth-order valence-corrected chi connectivity index (χ4v) is 0.920. The summed E-state index contributed by atoms with van der Waals surface area (Å²) in [5.41, 5.74) is 5.94. The minimum Gasteiger partial charge on any atom is -0.399 e. The summed E-state index contributed by atoms with van der Waals surface area (Å²) in [6.45, 7) is 0. The van der Waals surface area contributed by atoms with Crippen LogP contribution in [0.1, 0.15) is 5.69 Å². The van der Waals surface area contributed by atoms with E-state index < -0.39 is 0 Å². The highest BCUT2D eigenvalue weighted by Gasteiger charge is 1.93. The Morgan fingerprint density at radius 1 is 1.90 bits per heavy atom. The third-order valence-electron chi connectivity index (χ3n) is 0.773. The third kappa shape index (κ3) is 1.70. The number of hydrogen-bond donors (Lipinski definition) is 1. The van der Waals surface area contributed by atoms with Gasteiger partial charge in [0.05, 0.1) is 0 Å². The first-order valence-corrected chi connectivity index (χ1v) is 3.41. The highest BCUT2D eigenvalue weighted by Crippen LogP contribution is 2.08. The zero-order valence-electron chi connectivity index (χ0n) is 5.37. The molecule has 10 heavy (non-hydrogen) atoms. The van der Waals surface area contributed by atoms with Crippen molar-refractivity contribution in [2.75, 3.05) is 12.8 Å². The van der Waals surface area contributed by atoms with E-state index in [4.69, 9.17) is 5.73 Å². The average Bonchev–Trinajstić information content (AvgIpc) is 2.31. The molecular formula is C5H6N3OS. The van der Waals surface area contributed by atoms with Crippen LogP contribution in [-0.4, -0.2) is 18.3 Å². The van der Waals surface area contributed by atoms with Crippen molar-refractivity contribution in [1.29, 1.82) is 0 Å². The van der Waals surface area contributed by atoms with Gasteiger partial charge in [0.2, 0.25) is 0 Å². The summed E-state index contributed by atoms with van der Waals surface area (Å²) in [6.07, 6.45) is 2.54. The lowest BCUT2D eigenvalue weighted by Crippen LogP contribution is -1.85. The fraction of sp³-hybridized carbons (Fsp3) is 0.200. The molecule has 2 N–H and O–H groups in total. The van der Waals surface area contributed by atoms with Crippen LogP contribution >= 0.6 is 11.3 Å². The molecule has 0 amide bonds. The lowest BCUT2D eigenvalue weighted by molar-refractivity contribution is 0.215. The molecule has 1 radical (unpaired) electrons. The number of rotatable bonds is 2. The van der Waals surface area contributed by atoms with Gasteiger partial charge in [-0.1, -0.05) is 5.16 Å². The van der Waals surface area contributed by atoms with Crippen LogP contribution in [-0.2, 0) is 4.84 Å². The predicted octanol–water partition coefficient (Wildman–Crippen LogP) is 0.583. The van der Waals surface area contributed by atoms with Crippen LogP contribution in [0.2, 0.25) is 0 Å². The Morgan fingerprint density at radius 2 is 2.70 bits per heavy atom. The molecule has 0 aliphatic carbocycles. The Balaban J connectivity index is 2.67. The van der Waals surface area contributed by atoms with E-state index in [0.29, 0.717) is 10.8 Å². The fourth-order valence-electron chi connectivity index (χ4n) is 0.431. The highest BCUT2D eigenvalue weighted by molar-refractivity contribution is 7.13. The highest BCUT2D eigenvalue weighted by atomic mass is 32.1. The third-order valence-corrected chi connectivity index (χ3v) is 1.45. The molecule has 0 saturated heterocycles. The molecule has 53 valence electrons. The van der Waals surface area contributed by atoms with E-state index in [1.54, 1.807) is 5.38 Å². The summed E-state index contributed by atoms with van der Waals surface area (Å²) in [4.78, 5) is 8.25. The van der Waals surface area contributed by atoms with Gasteiger partial charge in [0, 0.05) is 5.38 Å². The van der Waals surface area contributed by atoms with Crippen molar-refractivity contribution in [3.05, 3.63) is 11.1 Å². The van der Waals surface area contributed by atoms with Gasteiger partial charge in [0.25, 0.3) is 0 Å². The standard InChI is InChI=1S/C5H6N3OS/c1-9-7-2-4-3-10-5(6)8-4/h3H,1H3,(H2,6,8). The van der Waals surface area contributed by atoms with Crippen LogP contribution in [0.4, 0.5) is 5.13 Å². The molecule has 0 fully saturated rings. The molecule has 1 rings (SSSR count). The molecule has 5 heteroatoms. The van der Waals surface area contributed by atoms with Gasteiger partial charge in [-0.15, -0.1) is 11.3 Å². The maximum Gasteiger partial charge on any atom is 0.180 e. The molecule has 0 bridgehead atoms. The summed E-state index contributed by atoms with van der Waals surface area (Å²) < 4.78 is 0. The normalized spacial score (nSPS) is 10.5. The molecule has 0 saturated carbocycles. The van der Waals surface area contributed by atoms with Crippen molar-refractivity contribution in [2.45, 2.75) is 0 Å². The van der Waals surface area contributed by atoms with Crippen LogP contribution in [0, 0.1) is 0 Å². The van der Waals surface area contributed by atoms with Gasteiger partial charge in [-0.05, 0) is 0 Å². The van der Waals surface area contributed by atoms with E-state index in [1.165, 1.54) is 18.4 Å². The lowest BCUT2D eigenvalue weighted by Gasteiger charge is -1.80. The van der Waals surface area contributed by atoms with Gasteiger partial charge < -0.3 is 10.6 Å². The first kappa shape index (κ1) is 7.01.